The molecule has 1 atom stereocenters. The summed E-state index contributed by atoms with van der Waals surface area (Å²) in [7, 11) is 0. The standard InChI is InChI=1S/C14H15ClFN3/c15-10-7-9(4-5-11(10)16)13-8-18-14(19-13)12-3-1-2-6-17-12/h4-5,7-8,12,17H,1-3,6H2,(H,18,19). The maximum absolute atomic E-state index is 13.1. The molecule has 3 nitrogen and oxygen atoms in total. The van der Waals surface area contributed by atoms with Gasteiger partial charge in [0.05, 0.1) is 23.0 Å². The number of halogens is 2. The summed E-state index contributed by atoms with van der Waals surface area (Å²) in [5.74, 6) is 0.536. The van der Waals surface area contributed by atoms with Crippen molar-refractivity contribution < 1.29 is 4.39 Å². The SMILES string of the molecule is Fc1ccc(-c2cnc(C3CCCCN3)[nH]2)cc1Cl. The van der Waals surface area contributed by atoms with E-state index in [2.05, 4.69) is 15.3 Å². The van der Waals surface area contributed by atoms with Crippen LogP contribution < -0.4 is 5.32 Å². The number of nitrogens with one attached hydrogen (secondary N) is 2. The van der Waals surface area contributed by atoms with Crippen LogP contribution in [0.15, 0.2) is 24.4 Å². The molecule has 1 fully saturated rings. The van der Waals surface area contributed by atoms with Crippen molar-refractivity contribution in [1.82, 2.24) is 15.3 Å². The number of hydrogen-bond acceptors (Lipinski definition) is 2. The molecule has 0 spiro atoms. The van der Waals surface area contributed by atoms with Gasteiger partial charge in [-0.3, -0.25) is 0 Å². The molecule has 0 amide bonds. The maximum Gasteiger partial charge on any atom is 0.141 e. The fourth-order valence-electron chi connectivity index (χ4n) is 2.41. The second-order valence-electron chi connectivity index (χ2n) is 4.81. The van der Waals surface area contributed by atoms with Crippen LogP contribution in [-0.2, 0) is 0 Å². The zero-order valence-electron chi connectivity index (χ0n) is 10.4. The summed E-state index contributed by atoms with van der Waals surface area (Å²) < 4.78 is 13.1. The lowest BCUT2D eigenvalue weighted by molar-refractivity contribution is 0.399. The predicted octanol–water partition coefficient (Wildman–Crippen LogP) is 3.68. The van der Waals surface area contributed by atoms with E-state index < -0.39 is 5.82 Å². The van der Waals surface area contributed by atoms with Gasteiger partial charge in [0.1, 0.15) is 11.6 Å². The third kappa shape index (κ3) is 2.65. The number of aromatic amines is 1. The molecule has 5 heteroatoms. The van der Waals surface area contributed by atoms with Gasteiger partial charge in [0, 0.05) is 5.56 Å². The van der Waals surface area contributed by atoms with E-state index in [1.165, 1.54) is 18.9 Å². The molecule has 2 N–H and O–H groups in total. The van der Waals surface area contributed by atoms with Gasteiger partial charge in [-0.25, -0.2) is 9.37 Å². The Morgan fingerprint density at radius 2 is 2.21 bits per heavy atom. The Morgan fingerprint density at radius 1 is 1.32 bits per heavy atom. The Kier molecular flexibility index (Phi) is 3.53. The Hall–Kier alpha value is -1.39. The normalized spacial score (nSPS) is 19.6. The third-order valence-corrected chi connectivity index (χ3v) is 3.76. The quantitative estimate of drug-likeness (QED) is 0.880. The van der Waals surface area contributed by atoms with Crippen LogP contribution in [0.5, 0.6) is 0 Å². The van der Waals surface area contributed by atoms with E-state index in [1.54, 1.807) is 18.3 Å². The van der Waals surface area contributed by atoms with Crippen LogP contribution in [0, 0.1) is 5.82 Å². The van der Waals surface area contributed by atoms with Crippen molar-refractivity contribution in [3.05, 3.63) is 41.1 Å². The van der Waals surface area contributed by atoms with Crippen LogP contribution in [-0.4, -0.2) is 16.5 Å². The zero-order chi connectivity index (χ0) is 13.2. The first kappa shape index (κ1) is 12.6. The molecule has 3 rings (SSSR count). The van der Waals surface area contributed by atoms with Crippen molar-refractivity contribution in [3.63, 3.8) is 0 Å². The first-order valence-electron chi connectivity index (χ1n) is 6.48. The Morgan fingerprint density at radius 3 is 2.95 bits per heavy atom. The predicted molar refractivity (Wildman–Crippen MR) is 73.6 cm³/mol. The van der Waals surface area contributed by atoms with Crippen LogP contribution in [0.3, 0.4) is 0 Å². The van der Waals surface area contributed by atoms with Crippen molar-refractivity contribution in [1.29, 1.82) is 0 Å². The Balaban J connectivity index is 1.85. The number of nitrogens with zero attached hydrogens (tertiary/aromatic N) is 1. The van der Waals surface area contributed by atoms with E-state index in [9.17, 15) is 4.39 Å². The number of H-pyrrole nitrogens is 1. The van der Waals surface area contributed by atoms with Crippen molar-refractivity contribution in [2.45, 2.75) is 25.3 Å². The first-order chi connectivity index (χ1) is 9.24. The lowest BCUT2D eigenvalue weighted by atomic mass is 10.0. The monoisotopic (exact) mass is 279 g/mol. The fourth-order valence-corrected chi connectivity index (χ4v) is 2.59. The van der Waals surface area contributed by atoms with Crippen molar-refractivity contribution in [2.75, 3.05) is 6.54 Å². The van der Waals surface area contributed by atoms with Gasteiger partial charge in [0.15, 0.2) is 0 Å². The molecule has 1 saturated heterocycles. The van der Waals surface area contributed by atoms with Gasteiger partial charge in [-0.2, -0.15) is 0 Å². The van der Waals surface area contributed by atoms with Crippen molar-refractivity contribution in [2.24, 2.45) is 0 Å². The molecular formula is C14H15ClFN3. The largest absolute Gasteiger partial charge is 0.341 e. The zero-order valence-corrected chi connectivity index (χ0v) is 11.2. The van der Waals surface area contributed by atoms with Crippen LogP contribution >= 0.6 is 11.6 Å². The third-order valence-electron chi connectivity index (χ3n) is 3.47. The van der Waals surface area contributed by atoms with E-state index in [4.69, 9.17) is 11.6 Å². The number of hydrogen-bond donors (Lipinski definition) is 2. The molecule has 19 heavy (non-hydrogen) atoms. The summed E-state index contributed by atoms with van der Waals surface area (Å²) in [6, 6.07) is 4.98. The highest BCUT2D eigenvalue weighted by Crippen LogP contribution is 2.26. The Bertz CT molecular complexity index is 576. The molecule has 0 aliphatic carbocycles. The molecule has 0 radical (unpaired) electrons. The molecule has 1 unspecified atom stereocenters. The topological polar surface area (TPSA) is 40.7 Å². The van der Waals surface area contributed by atoms with Gasteiger partial charge in [-0.15, -0.1) is 0 Å². The van der Waals surface area contributed by atoms with Crippen molar-refractivity contribution in [3.8, 4) is 11.3 Å². The molecule has 1 aliphatic heterocycles. The van der Waals surface area contributed by atoms with Crippen molar-refractivity contribution >= 4 is 11.6 Å². The van der Waals surface area contributed by atoms with Gasteiger partial charge >= 0.3 is 0 Å². The highest BCUT2D eigenvalue weighted by molar-refractivity contribution is 6.31. The summed E-state index contributed by atoms with van der Waals surface area (Å²) in [4.78, 5) is 7.70. The molecular weight excluding hydrogens is 265 g/mol. The van der Waals surface area contributed by atoms with Crippen LogP contribution in [0.2, 0.25) is 5.02 Å². The molecule has 2 heterocycles. The lowest BCUT2D eigenvalue weighted by Crippen LogP contribution is -2.27. The number of benzene rings is 1. The molecule has 100 valence electrons. The summed E-state index contributed by atoms with van der Waals surface area (Å²) in [6.07, 6.45) is 5.31. The van der Waals surface area contributed by atoms with E-state index in [0.29, 0.717) is 6.04 Å². The lowest BCUT2D eigenvalue weighted by Gasteiger charge is -2.21. The van der Waals surface area contributed by atoms with Gasteiger partial charge in [0.2, 0.25) is 0 Å². The molecule has 0 bridgehead atoms. The first-order valence-corrected chi connectivity index (χ1v) is 6.85. The van der Waals surface area contributed by atoms with Gasteiger partial charge < -0.3 is 10.3 Å². The highest BCUT2D eigenvalue weighted by atomic mass is 35.5. The van der Waals surface area contributed by atoms with Crippen LogP contribution in [0.4, 0.5) is 4.39 Å². The number of piperidine rings is 1. The highest BCUT2D eigenvalue weighted by Gasteiger charge is 2.18. The molecule has 0 saturated carbocycles. The van der Waals surface area contributed by atoms with Crippen LogP contribution in [0.25, 0.3) is 11.3 Å². The molecule has 1 aromatic heterocycles. The van der Waals surface area contributed by atoms with Gasteiger partial charge in [-0.05, 0) is 37.6 Å². The summed E-state index contributed by atoms with van der Waals surface area (Å²) in [6.45, 7) is 1.03. The minimum atomic E-state index is -0.404. The van der Waals surface area contributed by atoms with E-state index in [1.807, 2.05) is 0 Å². The number of rotatable bonds is 2. The Labute approximate surface area is 116 Å². The van der Waals surface area contributed by atoms with Gasteiger partial charge in [-0.1, -0.05) is 18.0 Å². The summed E-state index contributed by atoms with van der Waals surface area (Å²) in [5.41, 5.74) is 1.71. The van der Waals surface area contributed by atoms with E-state index in [-0.39, 0.29) is 5.02 Å². The molecule has 1 aromatic carbocycles. The smallest absolute Gasteiger partial charge is 0.141 e. The number of aromatic nitrogens is 2. The maximum atomic E-state index is 13.1. The summed E-state index contributed by atoms with van der Waals surface area (Å²) >= 11 is 5.80. The average molecular weight is 280 g/mol. The summed E-state index contributed by atoms with van der Waals surface area (Å²) in [5, 5.41) is 3.57. The van der Waals surface area contributed by atoms with E-state index in [0.717, 1.165) is 30.0 Å². The number of imidazole rings is 1. The average Bonchev–Trinajstić information content (AvgIpc) is 2.93. The minimum absolute atomic E-state index is 0.129. The second kappa shape index (κ2) is 5.31. The van der Waals surface area contributed by atoms with Gasteiger partial charge in [0.25, 0.3) is 0 Å². The van der Waals surface area contributed by atoms with E-state index >= 15 is 0 Å². The minimum Gasteiger partial charge on any atom is -0.341 e. The molecule has 2 aromatic rings. The fraction of sp³-hybridized carbons (Fsp3) is 0.357. The van der Waals surface area contributed by atoms with Crippen LogP contribution in [0.1, 0.15) is 31.1 Å². The second-order valence-corrected chi connectivity index (χ2v) is 5.22. The molecule has 1 aliphatic rings.